The van der Waals surface area contributed by atoms with E-state index in [9.17, 15) is 23.1 Å². The summed E-state index contributed by atoms with van der Waals surface area (Å²) in [5.74, 6) is -0.888. The molecular weight excluding hydrogens is 462 g/mol. The van der Waals surface area contributed by atoms with Gasteiger partial charge in [0.15, 0.2) is 0 Å². The van der Waals surface area contributed by atoms with Gasteiger partial charge in [-0.3, -0.25) is 0 Å². The van der Waals surface area contributed by atoms with E-state index in [1.54, 1.807) is 11.6 Å². The first-order valence-corrected chi connectivity index (χ1v) is 8.50. The Morgan fingerprint density at radius 2 is 1.81 bits per heavy atom. The molecule has 0 fully saturated rings. The summed E-state index contributed by atoms with van der Waals surface area (Å²) < 4.78 is 45.5. The lowest BCUT2D eigenvalue weighted by molar-refractivity contribution is -0.137. The number of alkyl halides is 3. The molecule has 0 bridgehead atoms. The predicted octanol–water partition coefficient (Wildman–Crippen LogP) is 4.96. The summed E-state index contributed by atoms with van der Waals surface area (Å²) in [6.45, 7) is 0. The van der Waals surface area contributed by atoms with Crippen LogP contribution in [0.5, 0.6) is 5.75 Å². The Labute approximate surface area is 160 Å². The predicted molar refractivity (Wildman–Crippen MR) is 99.1 cm³/mol. The van der Waals surface area contributed by atoms with Gasteiger partial charge in [-0.2, -0.15) is 13.2 Å². The van der Waals surface area contributed by atoms with Gasteiger partial charge in [0, 0.05) is 22.1 Å². The fourth-order valence-corrected chi connectivity index (χ4v) is 3.94. The molecule has 0 saturated carbocycles. The molecule has 1 aromatic heterocycles. The number of methoxy groups -OCH3 is 1. The molecule has 2 aromatic carbocycles. The van der Waals surface area contributed by atoms with Crippen molar-refractivity contribution < 1.29 is 27.8 Å². The molecule has 0 aliphatic rings. The minimum Gasteiger partial charge on any atom is -0.507 e. The van der Waals surface area contributed by atoms with Crippen molar-refractivity contribution in [3.05, 3.63) is 51.1 Å². The molecule has 26 heavy (non-hydrogen) atoms. The molecule has 0 unspecified atom stereocenters. The third kappa shape index (κ3) is 3.02. The Balaban J connectivity index is 2.20. The van der Waals surface area contributed by atoms with E-state index in [2.05, 4.69) is 27.3 Å². The number of aromatic hydroxyl groups is 1. The third-order valence-corrected chi connectivity index (χ3v) is 5.24. The van der Waals surface area contributed by atoms with E-state index >= 15 is 0 Å². The Kier molecular flexibility index (Phi) is 4.63. The van der Waals surface area contributed by atoms with Crippen LogP contribution in [0.2, 0.25) is 0 Å². The Morgan fingerprint density at radius 1 is 1.19 bits per heavy atom. The summed E-state index contributed by atoms with van der Waals surface area (Å²) in [4.78, 5) is 11.8. The van der Waals surface area contributed by atoms with Gasteiger partial charge in [-0.05, 0) is 46.4 Å². The van der Waals surface area contributed by atoms with Crippen LogP contribution in [0.4, 0.5) is 13.2 Å². The van der Waals surface area contributed by atoms with Gasteiger partial charge < -0.3 is 14.4 Å². The van der Waals surface area contributed by atoms with Crippen molar-refractivity contribution in [2.45, 2.75) is 6.18 Å². The highest BCUT2D eigenvalue weighted by atomic mass is 127. The van der Waals surface area contributed by atoms with Crippen molar-refractivity contribution in [2.24, 2.45) is 7.05 Å². The highest BCUT2D eigenvalue weighted by Crippen LogP contribution is 2.38. The van der Waals surface area contributed by atoms with Gasteiger partial charge in [-0.1, -0.05) is 12.1 Å². The number of ether oxygens (including phenoxy) is 1. The van der Waals surface area contributed by atoms with Gasteiger partial charge in [0.2, 0.25) is 0 Å². The molecule has 1 N–H and O–H groups in total. The number of halogens is 4. The largest absolute Gasteiger partial charge is 0.507 e. The zero-order valence-corrected chi connectivity index (χ0v) is 15.8. The number of carbonyl (C=O) groups excluding carboxylic acids is 1. The van der Waals surface area contributed by atoms with Crippen LogP contribution in [0.25, 0.3) is 22.2 Å². The molecule has 0 spiro atoms. The standard InChI is InChI=1S/C18H13F3INO3/c1-23-13-8-14(24)12(17(25)26-2)7-11(13)15(22)16(23)9-3-5-10(6-4-9)18(19,20)21/h3-8,24H,1-2H3. The SMILES string of the molecule is COC(=O)c1cc2c(I)c(-c3ccc(C(F)(F)F)cc3)n(C)c2cc1O. The highest BCUT2D eigenvalue weighted by Gasteiger charge is 2.30. The van der Waals surface area contributed by atoms with Crippen LogP contribution in [0.15, 0.2) is 36.4 Å². The van der Waals surface area contributed by atoms with Crippen LogP contribution < -0.4 is 0 Å². The maximum Gasteiger partial charge on any atom is 0.416 e. The lowest BCUT2D eigenvalue weighted by Gasteiger charge is -2.09. The lowest BCUT2D eigenvalue weighted by atomic mass is 10.1. The first-order chi connectivity index (χ1) is 12.1. The van der Waals surface area contributed by atoms with Crippen molar-refractivity contribution in [2.75, 3.05) is 7.11 Å². The van der Waals surface area contributed by atoms with Gasteiger partial charge in [-0.15, -0.1) is 0 Å². The van der Waals surface area contributed by atoms with Crippen LogP contribution in [0.1, 0.15) is 15.9 Å². The summed E-state index contributed by atoms with van der Waals surface area (Å²) in [7, 11) is 2.96. The second-order valence-corrected chi connectivity index (χ2v) is 6.75. The zero-order valence-electron chi connectivity index (χ0n) is 13.7. The van der Waals surface area contributed by atoms with Gasteiger partial charge in [0.05, 0.1) is 23.9 Å². The number of fused-ring (bicyclic) bond motifs is 1. The fourth-order valence-electron chi connectivity index (χ4n) is 2.84. The average molecular weight is 475 g/mol. The van der Waals surface area contributed by atoms with Crippen LogP contribution in [0, 0.1) is 3.57 Å². The maximum absolute atomic E-state index is 12.8. The van der Waals surface area contributed by atoms with Crippen LogP contribution >= 0.6 is 22.6 Å². The van der Waals surface area contributed by atoms with E-state index < -0.39 is 17.7 Å². The van der Waals surface area contributed by atoms with E-state index in [4.69, 9.17) is 0 Å². The minimum atomic E-state index is -4.40. The zero-order chi connectivity index (χ0) is 19.2. The number of carbonyl (C=O) groups is 1. The lowest BCUT2D eigenvalue weighted by Crippen LogP contribution is -2.04. The van der Waals surface area contributed by atoms with E-state index in [0.29, 0.717) is 22.2 Å². The van der Waals surface area contributed by atoms with Crippen molar-refractivity contribution in [1.82, 2.24) is 4.57 Å². The van der Waals surface area contributed by atoms with E-state index in [1.807, 2.05) is 0 Å². The summed E-state index contributed by atoms with van der Waals surface area (Å²) in [5, 5.41) is 10.8. The summed E-state index contributed by atoms with van der Waals surface area (Å²) in [6, 6.07) is 7.82. The Bertz CT molecular complexity index is 1010. The number of hydrogen-bond donors (Lipinski definition) is 1. The maximum atomic E-state index is 12.8. The van der Waals surface area contributed by atoms with Crippen molar-refractivity contribution >= 4 is 39.5 Å². The number of benzene rings is 2. The number of esters is 1. The first kappa shape index (κ1) is 18.6. The van der Waals surface area contributed by atoms with E-state index in [0.717, 1.165) is 15.7 Å². The smallest absolute Gasteiger partial charge is 0.416 e. The quantitative estimate of drug-likeness (QED) is 0.421. The molecule has 0 radical (unpaired) electrons. The van der Waals surface area contributed by atoms with Crippen LogP contribution in [0.3, 0.4) is 0 Å². The van der Waals surface area contributed by atoms with Crippen LogP contribution in [-0.2, 0) is 18.0 Å². The number of phenolic OH excluding ortho intramolecular Hbond substituents is 1. The van der Waals surface area contributed by atoms with E-state index in [-0.39, 0.29) is 11.3 Å². The van der Waals surface area contributed by atoms with Gasteiger partial charge >= 0.3 is 12.1 Å². The molecule has 0 amide bonds. The Morgan fingerprint density at radius 3 is 2.35 bits per heavy atom. The first-order valence-electron chi connectivity index (χ1n) is 7.42. The summed E-state index contributed by atoms with van der Waals surface area (Å²) >= 11 is 2.07. The second kappa shape index (κ2) is 6.49. The number of aromatic nitrogens is 1. The monoisotopic (exact) mass is 475 g/mol. The van der Waals surface area contributed by atoms with Crippen molar-refractivity contribution in [3.8, 4) is 17.0 Å². The Hall–Kier alpha value is -2.23. The molecule has 0 aliphatic heterocycles. The van der Waals surface area contributed by atoms with Gasteiger partial charge in [0.25, 0.3) is 0 Å². The van der Waals surface area contributed by atoms with E-state index in [1.165, 1.54) is 31.4 Å². The average Bonchev–Trinajstić information content (AvgIpc) is 2.83. The number of phenols is 1. The second-order valence-electron chi connectivity index (χ2n) is 5.67. The number of aryl methyl sites for hydroxylation is 1. The summed E-state index contributed by atoms with van der Waals surface area (Å²) in [6.07, 6.45) is -4.40. The highest BCUT2D eigenvalue weighted by molar-refractivity contribution is 14.1. The summed E-state index contributed by atoms with van der Waals surface area (Å²) in [5.41, 5.74) is 1.24. The van der Waals surface area contributed by atoms with Crippen molar-refractivity contribution in [1.29, 1.82) is 0 Å². The molecule has 136 valence electrons. The molecule has 8 heteroatoms. The minimum absolute atomic E-state index is 0.0301. The molecule has 0 aliphatic carbocycles. The molecule has 3 aromatic rings. The normalized spacial score (nSPS) is 11.8. The molecule has 0 saturated heterocycles. The number of rotatable bonds is 2. The molecular formula is C18H13F3INO3. The van der Waals surface area contributed by atoms with Gasteiger partial charge in [-0.25, -0.2) is 4.79 Å². The molecule has 4 nitrogen and oxygen atoms in total. The molecule has 1 heterocycles. The third-order valence-electron chi connectivity index (χ3n) is 4.15. The molecule has 3 rings (SSSR count). The number of nitrogens with zero attached hydrogens (tertiary/aromatic N) is 1. The molecule has 0 atom stereocenters. The van der Waals surface area contributed by atoms with Gasteiger partial charge in [0.1, 0.15) is 11.3 Å². The number of hydrogen-bond acceptors (Lipinski definition) is 3. The fraction of sp³-hybridized carbons (Fsp3) is 0.167. The van der Waals surface area contributed by atoms with Crippen LogP contribution in [-0.4, -0.2) is 22.8 Å². The topological polar surface area (TPSA) is 51.5 Å². The van der Waals surface area contributed by atoms with Crippen molar-refractivity contribution in [3.63, 3.8) is 0 Å².